The molecule has 1 unspecified atom stereocenters. The predicted octanol–water partition coefficient (Wildman–Crippen LogP) is 2.69. The van der Waals surface area contributed by atoms with Crippen LogP contribution >= 0.6 is 0 Å². The van der Waals surface area contributed by atoms with Crippen molar-refractivity contribution in [2.75, 3.05) is 20.3 Å². The lowest BCUT2D eigenvalue weighted by Gasteiger charge is -2.27. The highest BCUT2D eigenvalue weighted by molar-refractivity contribution is 5.65. The lowest BCUT2D eigenvalue weighted by molar-refractivity contribution is 0.0457. The molecule has 0 saturated heterocycles. The molecule has 2 aromatic rings. The zero-order valence-corrected chi connectivity index (χ0v) is 17.7. The third-order valence-corrected chi connectivity index (χ3v) is 5.53. The fraction of sp³-hybridized carbons (Fsp3) is 0.375. The number of hydrogen-bond donors (Lipinski definition) is 4. The summed E-state index contributed by atoms with van der Waals surface area (Å²) in [6, 6.07) is 14.6. The van der Waals surface area contributed by atoms with Crippen LogP contribution in [0.4, 0.5) is 4.79 Å². The Bertz CT molecular complexity index is 874. The number of aliphatic hydroxyl groups is 1. The minimum absolute atomic E-state index is 0.118. The lowest BCUT2D eigenvalue weighted by atomic mass is 10.0. The number of carbonyl (C=O) groups is 1. The van der Waals surface area contributed by atoms with E-state index in [1.807, 2.05) is 48.5 Å². The predicted molar refractivity (Wildman–Crippen MR) is 118 cm³/mol. The van der Waals surface area contributed by atoms with Gasteiger partial charge >= 0.3 is 6.09 Å². The van der Waals surface area contributed by atoms with Crippen molar-refractivity contribution in [1.29, 1.82) is 0 Å². The summed E-state index contributed by atoms with van der Waals surface area (Å²) in [6.07, 6.45) is 0.632. The van der Waals surface area contributed by atoms with Gasteiger partial charge in [0, 0.05) is 13.0 Å². The molecule has 0 radical (unpaired) electrons. The molecule has 0 aliphatic heterocycles. The Morgan fingerprint density at radius 2 is 2.06 bits per heavy atom. The highest BCUT2D eigenvalue weighted by atomic mass is 16.5. The van der Waals surface area contributed by atoms with Crippen LogP contribution in [0.5, 0.6) is 5.75 Å². The van der Waals surface area contributed by atoms with Gasteiger partial charge in [-0.1, -0.05) is 42.5 Å². The van der Waals surface area contributed by atoms with E-state index in [4.69, 9.17) is 9.47 Å². The summed E-state index contributed by atoms with van der Waals surface area (Å²) in [6.45, 7) is 4.34. The first kappa shape index (κ1) is 22.8. The lowest BCUT2D eigenvalue weighted by Crippen LogP contribution is -2.49. The molecule has 1 aliphatic rings. The number of aliphatic hydroxyl groups excluding tert-OH is 1. The van der Waals surface area contributed by atoms with Crippen molar-refractivity contribution in [2.24, 2.45) is 0 Å². The van der Waals surface area contributed by atoms with Gasteiger partial charge in [-0.25, -0.2) is 4.79 Å². The molecule has 7 heteroatoms. The summed E-state index contributed by atoms with van der Waals surface area (Å²) < 4.78 is 11.3. The van der Waals surface area contributed by atoms with Gasteiger partial charge in [-0.05, 0) is 35.2 Å². The maximum absolute atomic E-state index is 11.3. The van der Waals surface area contributed by atoms with E-state index in [-0.39, 0.29) is 18.7 Å². The van der Waals surface area contributed by atoms with Gasteiger partial charge in [0.15, 0.2) is 0 Å². The summed E-state index contributed by atoms with van der Waals surface area (Å²) in [5.74, 6) is 0.755. The van der Waals surface area contributed by atoms with Crippen LogP contribution in [-0.4, -0.2) is 54.8 Å². The molecule has 0 saturated carbocycles. The molecule has 166 valence electrons. The molecule has 3 rings (SSSR count). The van der Waals surface area contributed by atoms with E-state index < -0.39 is 18.2 Å². The largest absolute Gasteiger partial charge is 0.497 e. The monoisotopic (exact) mass is 426 g/mol. The first-order valence-corrected chi connectivity index (χ1v) is 10.4. The van der Waals surface area contributed by atoms with Crippen LogP contribution in [0.3, 0.4) is 0 Å². The van der Waals surface area contributed by atoms with Crippen molar-refractivity contribution >= 4 is 6.09 Å². The molecule has 2 aromatic carbocycles. The number of fused-ring (bicyclic) bond motifs is 1. The molecule has 1 amide bonds. The van der Waals surface area contributed by atoms with Crippen molar-refractivity contribution in [2.45, 2.75) is 37.1 Å². The van der Waals surface area contributed by atoms with Gasteiger partial charge in [0.2, 0.25) is 0 Å². The summed E-state index contributed by atoms with van der Waals surface area (Å²) >= 11 is 0. The van der Waals surface area contributed by atoms with Crippen LogP contribution in [0.25, 0.3) is 0 Å². The molecule has 0 heterocycles. The van der Waals surface area contributed by atoms with Gasteiger partial charge in [-0.15, -0.1) is 6.58 Å². The molecule has 1 aliphatic carbocycles. The Morgan fingerprint density at radius 1 is 1.29 bits per heavy atom. The van der Waals surface area contributed by atoms with Crippen LogP contribution in [0, 0.1) is 0 Å². The molecule has 4 atom stereocenters. The van der Waals surface area contributed by atoms with Crippen LogP contribution in [0.1, 0.15) is 22.7 Å². The van der Waals surface area contributed by atoms with E-state index >= 15 is 0 Å². The summed E-state index contributed by atoms with van der Waals surface area (Å²) in [7, 11) is 1.63. The van der Waals surface area contributed by atoms with Crippen molar-refractivity contribution in [3.63, 3.8) is 0 Å². The number of methoxy groups -OCH3 is 1. The average molecular weight is 427 g/mol. The number of ether oxygens (including phenoxy) is 2. The quantitative estimate of drug-likeness (QED) is 0.412. The van der Waals surface area contributed by atoms with Crippen molar-refractivity contribution in [3.8, 4) is 5.75 Å². The summed E-state index contributed by atoms with van der Waals surface area (Å²) in [5.41, 5.74) is 3.17. The van der Waals surface area contributed by atoms with Gasteiger partial charge in [-0.3, -0.25) is 0 Å². The second kappa shape index (κ2) is 10.9. The van der Waals surface area contributed by atoms with Crippen molar-refractivity contribution in [1.82, 2.24) is 10.6 Å². The zero-order valence-electron chi connectivity index (χ0n) is 17.7. The van der Waals surface area contributed by atoms with Gasteiger partial charge in [0.05, 0.1) is 38.0 Å². The molecule has 31 heavy (non-hydrogen) atoms. The molecule has 0 fully saturated rings. The Morgan fingerprint density at radius 3 is 2.74 bits per heavy atom. The maximum atomic E-state index is 11.3. The first-order chi connectivity index (χ1) is 15.0. The van der Waals surface area contributed by atoms with Crippen LogP contribution in [0.15, 0.2) is 61.2 Å². The molecule has 7 nitrogen and oxygen atoms in total. The van der Waals surface area contributed by atoms with E-state index in [1.165, 1.54) is 0 Å². The number of rotatable bonds is 11. The third-order valence-electron chi connectivity index (χ3n) is 5.53. The van der Waals surface area contributed by atoms with Crippen LogP contribution < -0.4 is 15.4 Å². The molecular weight excluding hydrogens is 396 g/mol. The van der Waals surface area contributed by atoms with Crippen molar-refractivity contribution in [3.05, 3.63) is 77.9 Å². The minimum Gasteiger partial charge on any atom is -0.497 e. The highest BCUT2D eigenvalue weighted by Crippen LogP contribution is 2.35. The topological polar surface area (TPSA) is 100 Å². The highest BCUT2D eigenvalue weighted by Gasteiger charge is 2.34. The van der Waals surface area contributed by atoms with E-state index in [2.05, 4.69) is 17.2 Å². The van der Waals surface area contributed by atoms with E-state index in [0.29, 0.717) is 13.0 Å². The van der Waals surface area contributed by atoms with Gasteiger partial charge < -0.3 is 30.3 Å². The third kappa shape index (κ3) is 6.07. The van der Waals surface area contributed by atoms with E-state index in [1.54, 1.807) is 13.2 Å². The molecule has 0 bridgehead atoms. The fourth-order valence-electron chi connectivity index (χ4n) is 4.00. The Labute approximate surface area is 182 Å². The number of amides is 1. The number of nitrogens with one attached hydrogen (secondary N) is 2. The maximum Gasteiger partial charge on any atom is 0.404 e. The minimum atomic E-state index is -1.16. The SMILES string of the molecule is C=CCO[C@H]1Cc2ccc(OC)cc2[C@H]1NC[C@@H](O)C(Cc1ccccc1)NC(=O)O. The fourth-order valence-corrected chi connectivity index (χ4v) is 4.00. The normalized spacial score (nSPS) is 19.3. The van der Waals surface area contributed by atoms with Gasteiger partial charge in [0.25, 0.3) is 0 Å². The smallest absolute Gasteiger partial charge is 0.404 e. The van der Waals surface area contributed by atoms with Gasteiger partial charge in [0.1, 0.15) is 5.75 Å². The summed E-state index contributed by atoms with van der Waals surface area (Å²) in [5, 5.41) is 25.9. The molecule has 0 spiro atoms. The Hall–Kier alpha value is -2.87. The average Bonchev–Trinajstić information content (AvgIpc) is 3.12. The second-order valence-electron chi connectivity index (χ2n) is 7.63. The second-order valence-corrected chi connectivity index (χ2v) is 7.63. The molecule has 4 N–H and O–H groups in total. The van der Waals surface area contributed by atoms with Crippen LogP contribution in [-0.2, 0) is 17.6 Å². The number of benzene rings is 2. The van der Waals surface area contributed by atoms with Crippen LogP contribution in [0.2, 0.25) is 0 Å². The number of hydrogen-bond acceptors (Lipinski definition) is 5. The Kier molecular flexibility index (Phi) is 8.06. The summed E-state index contributed by atoms with van der Waals surface area (Å²) in [4.78, 5) is 11.3. The molecular formula is C24H30N2O5. The Balaban J connectivity index is 1.72. The first-order valence-electron chi connectivity index (χ1n) is 10.4. The zero-order chi connectivity index (χ0) is 22.2. The number of carboxylic acid groups (broad SMARTS) is 1. The van der Waals surface area contributed by atoms with Gasteiger partial charge in [-0.2, -0.15) is 0 Å². The van der Waals surface area contributed by atoms with E-state index in [9.17, 15) is 15.0 Å². The van der Waals surface area contributed by atoms with Crippen molar-refractivity contribution < 1.29 is 24.5 Å². The molecule has 0 aromatic heterocycles. The van der Waals surface area contributed by atoms with E-state index in [0.717, 1.165) is 28.9 Å². The standard InChI is InChI=1S/C24H30N2O5/c1-3-11-31-22-13-17-9-10-18(30-2)14-19(17)23(22)25-15-21(27)20(26-24(28)29)12-16-7-5-4-6-8-16/h3-10,14,20-23,25-27H,1,11-13,15H2,2H3,(H,28,29)/t20?,21-,22+,23-/m1/s1.